The molecule has 1 fully saturated rings. The van der Waals surface area contributed by atoms with Gasteiger partial charge in [0, 0.05) is 13.2 Å². The number of nitrogens with two attached hydrogens (primary N) is 1. The van der Waals surface area contributed by atoms with Gasteiger partial charge in [0.25, 0.3) is 0 Å². The average molecular weight is 202 g/mol. The molecule has 1 heterocycles. The lowest BCUT2D eigenvalue weighted by atomic mass is 10.3. The number of hydrogen-bond donors (Lipinski definition) is 1. The van der Waals surface area contributed by atoms with Crippen LogP contribution in [0.4, 0.5) is 0 Å². The van der Waals surface area contributed by atoms with Gasteiger partial charge < -0.3 is 15.2 Å². The van der Waals surface area contributed by atoms with Crippen LogP contribution in [0.25, 0.3) is 0 Å². The highest BCUT2D eigenvalue weighted by atomic mass is 16.5. The number of rotatable bonds is 3. The summed E-state index contributed by atoms with van der Waals surface area (Å²) in [4.78, 5) is 12.6. The van der Waals surface area contributed by atoms with Crippen molar-refractivity contribution in [2.75, 3.05) is 40.0 Å². The molecule has 0 radical (unpaired) electrons. The van der Waals surface area contributed by atoms with E-state index >= 15 is 0 Å². The molecule has 0 spiro atoms. The normalized spacial score (nSPS) is 20.4. The quantitative estimate of drug-likeness (QED) is 0.651. The summed E-state index contributed by atoms with van der Waals surface area (Å²) >= 11 is 0. The predicted octanol–water partition coefficient (Wildman–Crippen LogP) is -0.791. The summed E-state index contributed by atoms with van der Waals surface area (Å²) in [5, 5.41) is 0. The smallest absolute Gasteiger partial charge is 0.231 e. The van der Waals surface area contributed by atoms with E-state index in [4.69, 9.17) is 15.2 Å². The van der Waals surface area contributed by atoms with Crippen molar-refractivity contribution in [2.45, 2.75) is 12.5 Å². The predicted molar refractivity (Wildman–Crippen MR) is 51.9 cm³/mol. The number of primary amides is 1. The van der Waals surface area contributed by atoms with Crippen molar-refractivity contribution < 1.29 is 14.3 Å². The molecule has 0 bridgehead atoms. The van der Waals surface area contributed by atoms with E-state index in [1.807, 2.05) is 11.9 Å². The van der Waals surface area contributed by atoms with E-state index in [9.17, 15) is 4.79 Å². The van der Waals surface area contributed by atoms with Gasteiger partial charge in [0.15, 0.2) is 0 Å². The minimum absolute atomic E-state index is 0.128. The second-order valence-electron chi connectivity index (χ2n) is 3.54. The Kier molecular flexibility index (Phi) is 4.86. The molecule has 1 amide bonds. The van der Waals surface area contributed by atoms with Gasteiger partial charge in [-0.25, -0.2) is 0 Å². The molecular formula is C9H18N2O3. The molecule has 0 unspecified atom stereocenters. The molecule has 14 heavy (non-hydrogen) atoms. The third kappa shape index (κ3) is 4.04. The zero-order valence-electron chi connectivity index (χ0n) is 8.57. The lowest BCUT2D eigenvalue weighted by Crippen LogP contribution is -2.44. The fourth-order valence-corrected chi connectivity index (χ4v) is 1.38. The Morgan fingerprint density at radius 1 is 1.43 bits per heavy atom. The molecule has 82 valence electrons. The second kappa shape index (κ2) is 5.95. The Bertz CT molecular complexity index is 179. The molecule has 0 saturated carbocycles. The van der Waals surface area contributed by atoms with Gasteiger partial charge >= 0.3 is 0 Å². The standard InChI is InChI=1S/C9H18N2O3/c1-11(5-9(10)12)8-6-13-3-2-4-14-7-8/h8H,2-7H2,1H3,(H2,10,12). The Morgan fingerprint density at radius 3 is 2.50 bits per heavy atom. The van der Waals surface area contributed by atoms with Crippen molar-refractivity contribution in [1.82, 2.24) is 4.90 Å². The molecule has 2 N–H and O–H groups in total. The highest BCUT2D eigenvalue weighted by Crippen LogP contribution is 2.02. The highest BCUT2D eigenvalue weighted by molar-refractivity contribution is 5.75. The summed E-state index contributed by atoms with van der Waals surface area (Å²) < 4.78 is 10.8. The van der Waals surface area contributed by atoms with Gasteiger partial charge in [-0.2, -0.15) is 0 Å². The van der Waals surface area contributed by atoms with Gasteiger partial charge in [-0.05, 0) is 13.5 Å². The minimum Gasteiger partial charge on any atom is -0.380 e. The van der Waals surface area contributed by atoms with Crippen molar-refractivity contribution in [3.05, 3.63) is 0 Å². The van der Waals surface area contributed by atoms with E-state index in [1.165, 1.54) is 0 Å². The van der Waals surface area contributed by atoms with Crippen molar-refractivity contribution in [1.29, 1.82) is 0 Å². The summed E-state index contributed by atoms with van der Waals surface area (Å²) in [6.45, 7) is 2.90. The van der Waals surface area contributed by atoms with Gasteiger partial charge in [-0.3, -0.25) is 9.69 Å². The zero-order valence-corrected chi connectivity index (χ0v) is 8.57. The van der Waals surface area contributed by atoms with Crippen LogP contribution in [0.1, 0.15) is 6.42 Å². The van der Waals surface area contributed by atoms with Crippen LogP contribution in [-0.4, -0.2) is 56.9 Å². The summed E-state index contributed by atoms with van der Waals surface area (Å²) in [5.74, 6) is -0.324. The Balaban J connectivity index is 2.34. The van der Waals surface area contributed by atoms with Crippen LogP contribution in [0.15, 0.2) is 0 Å². The molecule has 0 aliphatic carbocycles. The SMILES string of the molecule is CN(CC(N)=O)C1COCCCOC1. The Labute approximate surface area is 84.1 Å². The van der Waals surface area contributed by atoms with Crippen LogP contribution < -0.4 is 5.73 Å². The largest absolute Gasteiger partial charge is 0.380 e. The molecule has 0 aromatic carbocycles. The molecule has 0 aromatic heterocycles. The topological polar surface area (TPSA) is 64.8 Å². The number of hydrogen-bond acceptors (Lipinski definition) is 4. The maximum Gasteiger partial charge on any atom is 0.231 e. The van der Waals surface area contributed by atoms with Crippen LogP contribution in [0.5, 0.6) is 0 Å². The molecule has 5 nitrogen and oxygen atoms in total. The van der Waals surface area contributed by atoms with Crippen LogP contribution in [0, 0.1) is 0 Å². The molecule has 0 atom stereocenters. The summed E-state index contributed by atoms with van der Waals surface area (Å²) in [7, 11) is 1.85. The van der Waals surface area contributed by atoms with Gasteiger partial charge in [0.2, 0.25) is 5.91 Å². The van der Waals surface area contributed by atoms with Crippen LogP contribution >= 0.6 is 0 Å². The minimum atomic E-state index is -0.324. The van der Waals surface area contributed by atoms with E-state index in [2.05, 4.69) is 0 Å². The van der Waals surface area contributed by atoms with Gasteiger partial charge in [-0.1, -0.05) is 0 Å². The summed E-state index contributed by atoms with van der Waals surface area (Å²) in [6.07, 6.45) is 0.937. The van der Waals surface area contributed by atoms with E-state index in [0.29, 0.717) is 13.2 Å². The maximum atomic E-state index is 10.7. The monoisotopic (exact) mass is 202 g/mol. The molecule has 1 aliphatic heterocycles. The van der Waals surface area contributed by atoms with E-state index in [0.717, 1.165) is 19.6 Å². The lowest BCUT2D eigenvalue weighted by molar-refractivity contribution is -0.120. The van der Waals surface area contributed by atoms with Crippen molar-refractivity contribution in [2.24, 2.45) is 5.73 Å². The van der Waals surface area contributed by atoms with Gasteiger partial charge in [0.05, 0.1) is 25.8 Å². The molecule has 5 heteroatoms. The molecule has 0 aromatic rings. The first-order valence-corrected chi connectivity index (χ1v) is 4.84. The Hall–Kier alpha value is -0.650. The number of amides is 1. The summed E-state index contributed by atoms with van der Waals surface area (Å²) in [6, 6.07) is 0.128. The van der Waals surface area contributed by atoms with E-state index < -0.39 is 0 Å². The number of ether oxygens (including phenoxy) is 2. The summed E-state index contributed by atoms with van der Waals surface area (Å²) in [5.41, 5.74) is 5.11. The first-order chi connectivity index (χ1) is 6.70. The zero-order chi connectivity index (χ0) is 10.4. The average Bonchev–Trinajstić information content (AvgIpc) is 2.00. The van der Waals surface area contributed by atoms with Crippen molar-refractivity contribution in [3.8, 4) is 0 Å². The lowest BCUT2D eigenvalue weighted by Gasteiger charge is -2.28. The van der Waals surface area contributed by atoms with Crippen LogP contribution in [0.3, 0.4) is 0 Å². The number of nitrogens with zero attached hydrogens (tertiary/aromatic N) is 1. The number of likely N-dealkylation sites (N-methyl/N-ethyl adjacent to an activating group) is 1. The van der Waals surface area contributed by atoms with E-state index in [-0.39, 0.29) is 18.5 Å². The van der Waals surface area contributed by atoms with Gasteiger partial charge in [-0.15, -0.1) is 0 Å². The number of carbonyl (C=O) groups excluding carboxylic acids is 1. The molecule has 1 rings (SSSR count). The second-order valence-corrected chi connectivity index (χ2v) is 3.54. The highest BCUT2D eigenvalue weighted by Gasteiger charge is 2.18. The third-order valence-electron chi connectivity index (χ3n) is 2.23. The Morgan fingerprint density at radius 2 is 2.00 bits per heavy atom. The van der Waals surface area contributed by atoms with E-state index in [1.54, 1.807) is 0 Å². The first kappa shape index (κ1) is 11.4. The third-order valence-corrected chi connectivity index (χ3v) is 2.23. The van der Waals surface area contributed by atoms with Crippen LogP contribution in [-0.2, 0) is 14.3 Å². The maximum absolute atomic E-state index is 10.7. The first-order valence-electron chi connectivity index (χ1n) is 4.84. The van der Waals surface area contributed by atoms with Crippen LogP contribution in [0.2, 0.25) is 0 Å². The molecular weight excluding hydrogens is 184 g/mol. The van der Waals surface area contributed by atoms with Crippen molar-refractivity contribution >= 4 is 5.91 Å². The molecule has 1 saturated heterocycles. The fraction of sp³-hybridized carbons (Fsp3) is 0.889. The number of carbonyl (C=O) groups is 1. The van der Waals surface area contributed by atoms with Crippen molar-refractivity contribution in [3.63, 3.8) is 0 Å². The molecule has 1 aliphatic rings. The fourth-order valence-electron chi connectivity index (χ4n) is 1.38. The van der Waals surface area contributed by atoms with Gasteiger partial charge in [0.1, 0.15) is 0 Å².